The van der Waals surface area contributed by atoms with Crippen molar-refractivity contribution in [1.29, 1.82) is 0 Å². The first-order valence-electron chi connectivity index (χ1n) is 6.44. The normalized spacial score (nSPS) is 12.6. The molecule has 1 amide bonds. The molecule has 2 aromatic rings. The van der Waals surface area contributed by atoms with Gasteiger partial charge in [-0.1, -0.05) is 11.6 Å². The zero-order valence-electron chi connectivity index (χ0n) is 11.0. The minimum absolute atomic E-state index is 0.0384. The van der Waals surface area contributed by atoms with Crippen LogP contribution in [0.1, 0.15) is 25.6 Å². The van der Waals surface area contributed by atoms with E-state index in [9.17, 15) is 9.59 Å². The van der Waals surface area contributed by atoms with Gasteiger partial charge in [-0.2, -0.15) is 0 Å². The van der Waals surface area contributed by atoms with Gasteiger partial charge >= 0.3 is 0 Å². The van der Waals surface area contributed by atoms with E-state index in [-0.39, 0.29) is 18.2 Å². The van der Waals surface area contributed by atoms with Gasteiger partial charge < -0.3 is 10.1 Å². The molecule has 0 unspecified atom stereocenters. The molecule has 0 saturated heterocycles. The van der Waals surface area contributed by atoms with Crippen molar-refractivity contribution >= 4 is 34.6 Å². The summed E-state index contributed by atoms with van der Waals surface area (Å²) >= 11 is 7.05. The molecule has 0 saturated carbocycles. The molecule has 108 valence electrons. The van der Waals surface area contributed by atoms with Crippen molar-refractivity contribution in [2.24, 2.45) is 0 Å². The van der Waals surface area contributed by atoms with Gasteiger partial charge in [0.05, 0.1) is 23.1 Å². The first-order chi connectivity index (χ1) is 10.1. The molecule has 0 aliphatic carbocycles. The van der Waals surface area contributed by atoms with Crippen LogP contribution >= 0.6 is 22.9 Å². The molecular formula is C15H12ClNO3S. The molecule has 0 atom stereocenters. The second-order valence-corrected chi connectivity index (χ2v) is 6.00. The van der Waals surface area contributed by atoms with E-state index < -0.39 is 0 Å². The molecule has 0 bridgehead atoms. The summed E-state index contributed by atoms with van der Waals surface area (Å²) in [6.07, 6.45) is 0.809. The Labute approximate surface area is 130 Å². The van der Waals surface area contributed by atoms with Crippen LogP contribution in [0, 0.1) is 0 Å². The van der Waals surface area contributed by atoms with Gasteiger partial charge in [-0.3, -0.25) is 9.59 Å². The summed E-state index contributed by atoms with van der Waals surface area (Å²) in [5.41, 5.74) is 1.57. The Morgan fingerprint density at radius 2 is 2.19 bits per heavy atom. The SMILES string of the molecule is O=C(NCC(=O)c1cc(Cl)cs1)c1ccc2c(c1)CCO2. The quantitative estimate of drug-likeness (QED) is 0.881. The maximum atomic E-state index is 12.1. The molecule has 0 spiro atoms. The molecule has 1 aromatic heterocycles. The van der Waals surface area contributed by atoms with Crippen LogP contribution < -0.4 is 10.1 Å². The molecule has 1 N–H and O–H groups in total. The molecule has 21 heavy (non-hydrogen) atoms. The number of carbonyl (C=O) groups is 2. The smallest absolute Gasteiger partial charge is 0.251 e. The lowest BCUT2D eigenvalue weighted by atomic mass is 10.1. The highest BCUT2D eigenvalue weighted by Crippen LogP contribution is 2.25. The maximum Gasteiger partial charge on any atom is 0.251 e. The highest BCUT2D eigenvalue weighted by molar-refractivity contribution is 7.12. The number of hydrogen-bond donors (Lipinski definition) is 1. The van der Waals surface area contributed by atoms with Crippen LogP contribution in [0.4, 0.5) is 0 Å². The van der Waals surface area contributed by atoms with Crippen LogP contribution in [0.2, 0.25) is 5.02 Å². The third-order valence-corrected chi connectivity index (χ3v) is 4.52. The number of halogens is 1. The number of hydrogen-bond acceptors (Lipinski definition) is 4. The lowest BCUT2D eigenvalue weighted by Crippen LogP contribution is -2.29. The fourth-order valence-electron chi connectivity index (χ4n) is 2.14. The summed E-state index contributed by atoms with van der Waals surface area (Å²) in [7, 11) is 0. The number of carbonyl (C=O) groups excluding carboxylic acids is 2. The molecule has 1 aliphatic rings. The summed E-state index contributed by atoms with van der Waals surface area (Å²) in [6.45, 7) is 0.612. The van der Waals surface area contributed by atoms with Crippen LogP contribution in [-0.4, -0.2) is 24.8 Å². The Kier molecular flexibility index (Phi) is 3.94. The van der Waals surface area contributed by atoms with Crippen LogP contribution in [-0.2, 0) is 6.42 Å². The minimum atomic E-state index is -0.263. The van der Waals surface area contributed by atoms with Crippen molar-refractivity contribution in [3.05, 3.63) is 50.7 Å². The van der Waals surface area contributed by atoms with Gasteiger partial charge in [-0.05, 0) is 29.8 Å². The first kappa shape index (κ1) is 14.1. The van der Waals surface area contributed by atoms with E-state index in [4.69, 9.17) is 16.3 Å². The topological polar surface area (TPSA) is 55.4 Å². The van der Waals surface area contributed by atoms with E-state index in [0.29, 0.717) is 22.1 Å². The second-order valence-electron chi connectivity index (χ2n) is 4.66. The Morgan fingerprint density at radius 3 is 2.95 bits per heavy atom. The highest BCUT2D eigenvalue weighted by atomic mass is 35.5. The van der Waals surface area contributed by atoms with E-state index >= 15 is 0 Å². The molecule has 1 aromatic carbocycles. The summed E-state index contributed by atoms with van der Waals surface area (Å²) in [5, 5.41) is 4.86. The summed E-state index contributed by atoms with van der Waals surface area (Å²) < 4.78 is 5.39. The Balaban J connectivity index is 1.63. The van der Waals surface area contributed by atoms with Gasteiger partial charge in [0, 0.05) is 17.4 Å². The number of amides is 1. The summed E-state index contributed by atoms with van der Waals surface area (Å²) in [5.74, 6) is 0.418. The second kappa shape index (κ2) is 5.87. The standard InChI is InChI=1S/C15H12ClNO3S/c16-11-6-14(21-8-11)12(18)7-17-15(19)10-1-2-13-9(5-10)3-4-20-13/h1-2,5-6,8H,3-4,7H2,(H,17,19). The van der Waals surface area contributed by atoms with E-state index in [1.165, 1.54) is 11.3 Å². The Hall–Kier alpha value is -1.85. The van der Waals surface area contributed by atoms with Crippen molar-refractivity contribution in [2.75, 3.05) is 13.2 Å². The summed E-state index contributed by atoms with van der Waals surface area (Å²) in [6, 6.07) is 6.90. The zero-order chi connectivity index (χ0) is 14.8. The summed E-state index contributed by atoms with van der Waals surface area (Å²) in [4.78, 5) is 24.5. The number of benzene rings is 1. The fraction of sp³-hybridized carbons (Fsp3) is 0.200. The molecule has 6 heteroatoms. The molecule has 0 radical (unpaired) electrons. The van der Waals surface area contributed by atoms with E-state index in [2.05, 4.69) is 5.32 Å². The highest BCUT2D eigenvalue weighted by Gasteiger charge is 2.16. The van der Waals surface area contributed by atoms with Crippen LogP contribution in [0.25, 0.3) is 0 Å². The number of ketones is 1. The van der Waals surface area contributed by atoms with Crippen molar-refractivity contribution in [1.82, 2.24) is 5.32 Å². The minimum Gasteiger partial charge on any atom is -0.493 e. The molecule has 1 aliphatic heterocycles. The lowest BCUT2D eigenvalue weighted by molar-refractivity contribution is 0.0905. The fourth-order valence-corrected chi connectivity index (χ4v) is 3.15. The average molecular weight is 322 g/mol. The monoisotopic (exact) mass is 321 g/mol. The van der Waals surface area contributed by atoms with Crippen molar-refractivity contribution in [3.8, 4) is 5.75 Å². The Bertz CT molecular complexity index is 711. The van der Waals surface area contributed by atoms with E-state index in [0.717, 1.165) is 17.7 Å². The van der Waals surface area contributed by atoms with Crippen molar-refractivity contribution in [3.63, 3.8) is 0 Å². The molecular weight excluding hydrogens is 310 g/mol. The molecule has 4 nitrogen and oxygen atoms in total. The third kappa shape index (κ3) is 3.09. The third-order valence-electron chi connectivity index (χ3n) is 3.20. The van der Waals surface area contributed by atoms with Gasteiger partial charge in [0.25, 0.3) is 5.91 Å². The maximum absolute atomic E-state index is 12.1. The Morgan fingerprint density at radius 1 is 1.33 bits per heavy atom. The average Bonchev–Trinajstić information content (AvgIpc) is 3.12. The van der Waals surface area contributed by atoms with Gasteiger partial charge in [-0.25, -0.2) is 0 Å². The number of fused-ring (bicyclic) bond motifs is 1. The van der Waals surface area contributed by atoms with E-state index in [1.807, 2.05) is 6.07 Å². The molecule has 2 heterocycles. The number of nitrogens with one attached hydrogen (secondary N) is 1. The van der Waals surface area contributed by atoms with Crippen LogP contribution in [0.3, 0.4) is 0 Å². The number of rotatable bonds is 4. The largest absolute Gasteiger partial charge is 0.493 e. The number of ether oxygens (including phenoxy) is 1. The molecule has 0 fully saturated rings. The first-order valence-corrected chi connectivity index (χ1v) is 7.70. The van der Waals surface area contributed by atoms with Gasteiger partial charge in [0.2, 0.25) is 0 Å². The van der Waals surface area contributed by atoms with Crippen molar-refractivity contribution < 1.29 is 14.3 Å². The van der Waals surface area contributed by atoms with E-state index in [1.54, 1.807) is 23.6 Å². The van der Waals surface area contributed by atoms with Crippen LogP contribution in [0.5, 0.6) is 5.75 Å². The van der Waals surface area contributed by atoms with Crippen molar-refractivity contribution in [2.45, 2.75) is 6.42 Å². The zero-order valence-corrected chi connectivity index (χ0v) is 12.6. The number of thiophene rings is 1. The van der Waals surface area contributed by atoms with Gasteiger partial charge in [0.15, 0.2) is 5.78 Å². The predicted molar refractivity (Wildman–Crippen MR) is 81.6 cm³/mol. The predicted octanol–water partition coefficient (Wildman–Crippen LogP) is 2.95. The lowest BCUT2D eigenvalue weighted by Gasteiger charge is -2.05. The van der Waals surface area contributed by atoms with Gasteiger partial charge in [-0.15, -0.1) is 11.3 Å². The van der Waals surface area contributed by atoms with Gasteiger partial charge in [0.1, 0.15) is 5.75 Å². The molecule has 3 rings (SSSR count). The number of Topliss-reactive ketones (excluding diaryl/α,β-unsaturated/α-hetero) is 1. The van der Waals surface area contributed by atoms with Crippen LogP contribution in [0.15, 0.2) is 29.6 Å².